The molecular formula is C13H24N2O3S. The van der Waals surface area contributed by atoms with Gasteiger partial charge in [0.2, 0.25) is 0 Å². The third kappa shape index (κ3) is 7.30. The summed E-state index contributed by atoms with van der Waals surface area (Å²) in [4.78, 5) is 22.4. The van der Waals surface area contributed by atoms with Crippen molar-refractivity contribution in [1.82, 2.24) is 10.6 Å². The molecule has 1 atom stereocenters. The molecule has 19 heavy (non-hydrogen) atoms. The molecule has 1 heterocycles. The van der Waals surface area contributed by atoms with E-state index in [1.807, 2.05) is 18.7 Å². The monoisotopic (exact) mass is 288 g/mol. The van der Waals surface area contributed by atoms with Crippen LogP contribution in [0.3, 0.4) is 0 Å². The summed E-state index contributed by atoms with van der Waals surface area (Å²) in [6.07, 6.45) is 3.84. The molecule has 5 nitrogen and oxygen atoms in total. The molecule has 1 aliphatic rings. The van der Waals surface area contributed by atoms with Gasteiger partial charge < -0.3 is 15.7 Å². The van der Waals surface area contributed by atoms with Crippen molar-refractivity contribution in [3.05, 3.63) is 0 Å². The molecule has 3 N–H and O–H groups in total. The topological polar surface area (TPSA) is 78.4 Å². The highest BCUT2D eigenvalue weighted by atomic mass is 32.2. The van der Waals surface area contributed by atoms with Gasteiger partial charge in [-0.15, -0.1) is 0 Å². The third-order valence-electron chi connectivity index (χ3n) is 3.29. The molecule has 0 aromatic heterocycles. The van der Waals surface area contributed by atoms with E-state index in [9.17, 15) is 9.59 Å². The molecule has 0 aliphatic carbocycles. The average molecular weight is 288 g/mol. The van der Waals surface area contributed by atoms with Gasteiger partial charge in [-0.25, -0.2) is 4.79 Å². The zero-order valence-corrected chi connectivity index (χ0v) is 12.3. The Morgan fingerprint density at radius 2 is 2.05 bits per heavy atom. The Bertz CT molecular complexity index is 294. The summed E-state index contributed by atoms with van der Waals surface area (Å²) in [5, 5.41) is 14.4. The first-order chi connectivity index (χ1) is 9.11. The lowest BCUT2D eigenvalue weighted by atomic mass is 10.0. The number of rotatable bonds is 7. The fourth-order valence-electron chi connectivity index (χ4n) is 2.21. The Labute approximate surface area is 118 Å². The van der Waals surface area contributed by atoms with Crippen LogP contribution in [0.2, 0.25) is 0 Å². The van der Waals surface area contributed by atoms with Crippen LogP contribution in [0.15, 0.2) is 0 Å². The van der Waals surface area contributed by atoms with Crippen LogP contribution >= 0.6 is 11.8 Å². The first-order valence-corrected chi connectivity index (χ1v) is 8.11. The molecule has 2 amide bonds. The van der Waals surface area contributed by atoms with Crippen LogP contribution < -0.4 is 10.6 Å². The Balaban J connectivity index is 2.24. The summed E-state index contributed by atoms with van der Waals surface area (Å²) in [7, 11) is 0. The number of hydrogen-bond donors (Lipinski definition) is 3. The van der Waals surface area contributed by atoms with E-state index < -0.39 is 5.97 Å². The summed E-state index contributed by atoms with van der Waals surface area (Å²) in [6, 6.07) is -0.512. The van der Waals surface area contributed by atoms with Gasteiger partial charge in [0, 0.05) is 12.6 Å². The predicted molar refractivity (Wildman–Crippen MR) is 77.5 cm³/mol. The SMILES string of the molecule is CCCC(CC(=O)O)NC(=O)NCC1CCSCC1. The van der Waals surface area contributed by atoms with Gasteiger partial charge in [0.1, 0.15) is 0 Å². The second-order valence-corrected chi connectivity index (χ2v) is 6.22. The molecule has 1 saturated heterocycles. The first-order valence-electron chi connectivity index (χ1n) is 6.95. The molecule has 1 unspecified atom stereocenters. The maximum Gasteiger partial charge on any atom is 0.315 e. The van der Waals surface area contributed by atoms with Crippen molar-refractivity contribution in [3.63, 3.8) is 0 Å². The second-order valence-electron chi connectivity index (χ2n) is 4.99. The summed E-state index contributed by atoms with van der Waals surface area (Å²) in [5.41, 5.74) is 0. The lowest BCUT2D eigenvalue weighted by molar-refractivity contribution is -0.137. The number of aliphatic carboxylic acids is 1. The van der Waals surface area contributed by atoms with E-state index in [-0.39, 0.29) is 18.5 Å². The minimum absolute atomic E-state index is 0.0126. The number of carbonyl (C=O) groups is 2. The van der Waals surface area contributed by atoms with Gasteiger partial charge >= 0.3 is 12.0 Å². The predicted octanol–water partition coefficient (Wildman–Crippen LogP) is 2.07. The van der Waals surface area contributed by atoms with Crippen LogP contribution in [0.1, 0.15) is 39.0 Å². The Kier molecular flexibility index (Phi) is 7.70. The van der Waals surface area contributed by atoms with Crippen molar-refractivity contribution < 1.29 is 14.7 Å². The van der Waals surface area contributed by atoms with Gasteiger partial charge in [-0.2, -0.15) is 11.8 Å². The summed E-state index contributed by atoms with van der Waals surface area (Å²) >= 11 is 1.96. The number of carboxylic acids is 1. The zero-order chi connectivity index (χ0) is 14.1. The van der Waals surface area contributed by atoms with Crippen LogP contribution in [0.25, 0.3) is 0 Å². The molecule has 0 saturated carbocycles. The minimum Gasteiger partial charge on any atom is -0.481 e. The van der Waals surface area contributed by atoms with Crippen LogP contribution in [0.4, 0.5) is 4.79 Å². The fourth-order valence-corrected chi connectivity index (χ4v) is 3.41. The van der Waals surface area contributed by atoms with Gasteiger partial charge in [-0.3, -0.25) is 4.79 Å². The Morgan fingerprint density at radius 1 is 1.37 bits per heavy atom. The molecular weight excluding hydrogens is 264 g/mol. The first kappa shape index (κ1) is 16.1. The number of carbonyl (C=O) groups excluding carboxylic acids is 1. The van der Waals surface area contributed by atoms with Crippen LogP contribution in [0.5, 0.6) is 0 Å². The maximum absolute atomic E-state index is 11.7. The van der Waals surface area contributed by atoms with Crippen molar-refractivity contribution >= 4 is 23.8 Å². The van der Waals surface area contributed by atoms with E-state index >= 15 is 0 Å². The van der Waals surface area contributed by atoms with Gasteiger partial charge in [0.25, 0.3) is 0 Å². The molecule has 6 heteroatoms. The Morgan fingerprint density at radius 3 is 2.63 bits per heavy atom. The van der Waals surface area contributed by atoms with Gasteiger partial charge in [0.05, 0.1) is 6.42 Å². The second kappa shape index (κ2) is 9.07. The van der Waals surface area contributed by atoms with E-state index in [0.29, 0.717) is 18.9 Å². The number of thioether (sulfide) groups is 1. The summed E-state index contributed by atoms with van der Waals surface area (Å²) in [5.74, 6) is 2.04. The summed E-state index contributed by atoms with van der Waals surface area (Å²) in [6.45, 7) is 2.67. The maximum atomic E-state index is 11.7. The molecule has 0 aromatic carbocycles. The highest BCUT2D eigenvalue weighted by Crippen LogP contribution is 2.21. The minimum atomic E-state index is -0.872. The third-order valence-corrected chi connectivity index (χ3v) is 4.33. The number of carboxylic acid groups (broad SMARTS) is 1. The number of urea groups is 1. The normalized spacial score (nSPS) is 17.7. The quantitative estimate of drug-likeness (QED) is 0.670. The van der Waals surface area contributed by atoms with Crippen LogP contribution in [0, 0.1) is 5.92 Å². The molecule has 0 aromatic rings. The molecule has 1 aliphatic heterocycles. The molecule has 1 rings (SSSR count). The molecule has 1 fully saturated rings. The number of hydrogen-bond acceptors (Lipinski definition) is 3. The van der Waals surface area contributed by atoms with Crippen LogP contribution in [-0.2, 0) is 4.79 Å². The van der Waals surface area contributed by atoms with E-state index in [2.05, 4.69) is 10.6 Å². The van der Waals surface area contributed by atoms with E-state index in [1.165, 1.54) is 11.5 Å². The molecule has 0 spiro atoms. The zero-order valence-electron chi connectivity index (χ0n) is 11.5. The Hall–Kier alpha value is -0.910. The van der Waals surface area contributed by atoms with Crippen LogP contribution in [-0.4, -0.2) is 41.2 Å². The number of nitrogens with one attached hydrogen (secondary N) is 2. The smallest absolute Gasteiger partial charge is 0.315 e. The molecule has 0 bridgehead atoms. The average Bonchev–Trinajstić information content (AvgIpc) is 2.37. The van der Waals surface area contributed by atoms with E-state index in [1.54, 1.807) is 0 Å². The molecule has 110 valence electrons. The standard InChI is InChI=1S/C13H24N2O3S/c1-2-3-11(8-12(16)17)15-13(18)14-9-10-4-6-19-7-5-10/h10-11H,2-9H2,1H3,(H,16,17)(H2,14,15,18). The highest BCUT2D eigenvalue weighted by Gasteiger charge is 2.17. The van der Waals surface area contributed by atoms with Crippen molar-refractivity contribution in [3.8, 4) is 0 Å². The van der Waals surface area contributed by atoms with E-state index in [4.69, 9.17) is 5.11 Å². The lowest BCUT2D eigenvalue weighted by Gasteiger charge is -2.22. The highest BCUT2D eigenvalue weighted by molar-refractivity contribution is 7.99. The van der Waals surface area contributed by atoms with Gasteiger partial charge in [-0.05, 0) is 36.7 Å². The van der Waals surface area contributed by atoms with E-state index in [0.717, 1.165) is 19.3 Å². The van der Waals surface area contributed by atoms with Crippen molar-refractivity contribution in [2.24, 2.45) is 5.92 Å². The number of amides is 2. The fraction of sp³-hybridized carbons (Fsp3) is 0.846. The van der Waals surface area contributed by atoms with Crippen molar-refractivity contribution in [2.75, 3.05) is 18.1 Å². The van der Waals surface area contributed by atoms with Gasteiger partial charge in [-0.1, -0.05) is 13.3 Å². The largest absolute Gasteiger partial charge is 0.481 e. The lowest BCUT2D eigenvalue weighted by Crippen LogP contribution is -2.44. The van der Waals surface area contributed by atoms with Crippen molar-refractivity contribution in [2.45, 2.75) is 45.1 Å². The summed E-state index contributed by atoms with van der Waals surface area (Å²) < 4.78 is 0. The molecule has 0 radical (unpaired) electrons. The van der Waals surface area contributed by atoms with Gasteiger partial charge in [0.15, 0.2) is 0 Å². The van der Waals surface area contributed by atoms with Crippen molar-refractivity contribution in [1.29, 1.82) is 0 Å².